The Labute approximate surface area is 249 Å². The molecule has 3 N–H and O–H groups in total. The molecular formula is C30H35FN8O3S. The fourth-order valence-electron chi connectivity index (χ4n) is 6.46. The van der Waals surface area contributed by atoms with Gasteiger partial charge < -0.3 is 20.5 Å². The van der Waals surface area contributed by atoms with Crippen LogP contribution in [0.25, 0.3) is 22.2 Å². The molecule has 0 saturated carbocycles. The van der Waals surface area contributed by atoms with Crippen molar-refractivity contribution in [1.29, 1.82) is 0 Å². The summed E-state index contributed by atoms with van der Waals surface area (Å²) in [7, 11) is -1.60. The molecule has 2 aliphatic rings. The number of rotatable bonds is 8. The van der Waals surface area contributed by atoms with E-state index in [1.54, 1.807) is 18.6 Å². The highest BCUT2D eigenvalue weighted by Crippen LogP contribution is 2.35. The molecular weight excluding hydrogens is 571 g/mol. The molecule has 2 unspecified atom stereocenters. The maximum atomic E-state index is 15.0. The van der Waals surface area contributed by atoms with Gasteiger partial charge in [-0.05, 0) is 56.0 Å². The zero-order valence-corrected chi connectivity index (χ0v) is 25.4. The van der Waals surface area contributed by atoms with E-state index in [2.05, 4.69) is 47.4 Å². The number of carbonyl (C=O) groups is 1. The van der Waals surface area contributed by atoms with E-state index in [4.69, 9.17) is 0 Å². The molecule has 5 heterocycles. The summed E-state index contributed by atoms with van der Waals surface area (Å²) in [4.78, 5) is 34.4. The summed E-state index contributed by atoms with van der Waals surface area (Å²) in [6.45, 7) is 7.91. The second-order valence-electron chi connectivity index (χ2n) is 11.6. The number of benzene rings is 1. The molecule has 3 atom stereocenters. The Hall–Kier alpha value is -3.94. The van der Waals surface area contributed by atoms with Gasteiger partial charge in [0, 0.05) is 62.0 Å². The van der Waals surface area contributed by atoms with Crippen LogP contribution >= 0.6 is 0 Å². The summed E-state index contributed by atoms with van der Waals surface area (Å²) in [5, 5.41) is 6.68. The van der Waals surface area contributed by atoms with Gasteiger partial charge in [0.2, 0.25) is 11.9 Å². The highest BCUT2D eigenvalue weighted by Gasteiger charge is 2.42. The standard InChI is InChI=1S/C30H35FN8O3S/c1-5-23(39-15-18-13-38(3)14-19(18)16-39)29(40)37-28-27-20(9-10-32-28)21(12-33-27)26-17(2)11-34-30(36-26)35-22-7-6-8-24(25(22)31)43(4,41)42/h6-12,18-19,23,33H,5,13-16H2,1-4H3,(H,32,37,40)(H,34,35,36)/t18?,19?,23-/m1/s1. The average Bonchev–Trinajstić information content (AvgIpc) is 3.64. The highest BCUT2D eigenvalue weighted by molar-refractivity contribution is 7.90. The van der Waals surface area contributed by atoms with Gasteiger partial charge in [-0.1, -0.05) is 13.0 Å². The van der Waals surface area contributed by atoms with E-state index in [1.165, 1.54) is 18.2 Å². The molecule has 4 aromatic rings. The molecule has 0 bridgehead atoms. The number of hydrogen-bond acceptors (Lipinski definition) is 9. The third-order valence-corrected chi connectivity index (χ3v) is 9.62. The average molecular weight is 607 g/mol. The quantitative estimate of drug-likeness (QED) is 0.273. The van der Waals surface area contributed by atoms with Crippen molar-refractivity contribution < 1.29 is 17.6 Å². The number of anilines is 3. The number of pyridine rings is 1. The first-order valence-corrected chi connectivity index (χ1v) is 16.2. The summed E-state index contributed by atoms with van der Waals surface area (Å²) in [6, 6.07) is 5.70. The molecule has 1 amide bonds. The van der Waals surface area contributed by atoms with E-state index in [0.29, 0.717) is 35.3 Å². The minimum atomic E-state index is -3.75. The number of aromatic amines is 1. The predicted octanol–water partition coefficient (Wildman–Crippen LogP) is 3.83. The van der Waals surface area contributed by atoms with Crippen molar-refractivity contribution in [3.63, 3.8) is 0 Å². The second kappa shape index (κ2) is 11.3. The maximum Gasteiger partial charge on any atom is 0.242 e. The second-order valence-corrected chi connectivity index (χ2v) is 13.6. The van der Waals surface area contributed by atoms with Crippen molar-refractivity contribution >= 4 is 44.1 Å². The monoisotopic (exact) mass is 606 g/mol. The Kier molecular flexibility index (Phi) is 7.65. The minimum Gasteiger partial charge on any atom is -0.357 e. The van der Waals surface area contributed by atoms with Gasteiger partial charge in [-0.3, -0.25) is 9.69 Å². The van der Waals surface area contributed by atoms with Crippen LogP contribution in [-0.2, 0) is 14.6 Å². The van der Waals surface area contributed by atoms with E-state index in [0.717, 1.165) is 48.9 Å². The molecule has 226 valence electrons. The van der Waals surface area contributed by atoms with Crippen LogP contribution in [0.5, 0.6) is 0 Å². The van der Waals surface area contributed by atoms with Crippen molar-refractivity contribution in [3.8, 4) is 11.3 Å². The van der Waals surface area contributed by atoms with Crippen LogP contribution in [0.2, 0.25) is 0 Å². The maximum absolute atomic E-state index is 15.0. The summed E-state index contributed by atoms with van der Waals surface area (Å²) in [5.41, 5.74) is 2.73. The zero-order valence-electron chi connectivity index (χ0n) is 24.6. The molecule has 43 heavy (non-hydrogen) atoms. The number of aryl methyl sites for hydroxylation is 1. The molecule has 3 aromatic heterocycles. The Morgan fingerprint density at radius 2 is 1.91 bits per heavy atom. The van der Waals surface area contributed by atoms with E-state index >= 15 is 0 Å². The Morgan fingerprint density at radius 3 is 2.60 bits per heavy atom. The number of H-pyrrole nitrogens is 1. The zero-order chi connectivity index (χ0) is 30.5. The lowest BCUT2D eigenvalue weighted by molar-refractivity contribution is -0.121. The first kappa shape index (κ1) is 29.1. The van der Waals surface area contributed by atoms with Gasteiger partial charge in [-0.25, -0.2) is 27.8 Å². The number of likely N-dealkylation sites (tertiary alicyclic amines) is 2. The highest BCUT2D eigenvalue weighted by atomic mass is 32.2. The van der Waals surface area contributed by atoms with Gasteiger partial charge in [-0.2, -0.15) is 0 Å². The lowest BCUT2D eigenvalue weighted by atomic mass is 10.0. The van der Waals surface area contributed by atoms with Crippen molar-refractivity contribution in [2.45, 2.75) is 31.2 Å². The topological polar surface area (TPSA) is 136 Å². The number of sulfone groups is 1. The van der Waals surface area contributed by atoms with Gasteiger partial charge >= 0.3 is 0 Å². The van der Waals surface area contributed by atoms with Gasteiger partial charge in [0.25, 0.3) is 0 Å². The molecule has 6 rings (SSSR count). The summed E-state index contributed by atoms with van der Waals surface area (Å²) in [5.74, 6) is 0.787. The largest absolute Gasteiger partial charge is 0.357 e. The number of aromatic nitrogens is 4. The van der Waals surface area contributed by atoms with E-state index in [9.17, 15) is 17.6 Å². The third-order valence-electron chi connectivity index (χ3n) is 8.51. The van der Waals surface area contributed by atoms with Crippen LogP contribution in [0.3, 0.4) is 0 Å². The number of carbonyl (C=O) groups excluding carboxylic acids is 1. The molecule has 2 saturated heterocycles. The molecule has 13 heteroatoms. The number of nitrogens with one attached hydrogen (secondary N) is 3. The number of nitrogens with zero attached hydrogens (tertiary/aromatic N) is 5. The van der Waals surface area contributed by atoms with Gasteiger partial charge in [-0.15, -0.1) is 0 Å². The van der Waals surface area contributed by atoms with Crippen LogP contribution < -0.4 is 10.6 Å². The van der Waals surface area contributed by atoms with Crippen molar-refractivity contribution in [1.82, 2.24) is 29.7 Å². The van der Waals surface area contributed by atoms with Gasteiger partial charge in [0.15, 0.2) is 21.5 Å². The van der Waals surface area contributed by atoms with Crippen LogP contribution in [0.15, 0.2) is 47.8 Å². The van der Waals surface area contributed by atoms with E-state index in [-0.39, 0.29) is 23.6 Å². The number of halogens is 1. The predicted molar refractivity (Wildman–Crippen MR) is 163 cm³/mol. The first-order valence-electron chi connectivity index (χ1n) is 14.3. The molecule has 2 aliphatic heterocycles. The molecule has 2 fully saturated rings. The summed E-state index contributed by atoms with van der Waals surface area (Å²) in [6.07, 6.45) is 6.71. The van der Waals surface area contributed by atoms with E-state index < -0.39 is 20.5 Å². The fourth-order valence-corrected chi connectivity index (χ4v) is 7.22. The normalized spacial score (nSPS) is 19.9. The van der Waals surface area contributed by atoms with Crippen molar-refractivity contribution in [2.24, 2.45) is 11.8 Å². The SMILES string of the molecule is CC[C@H](C(=O)Nc1nccc2c(-c3nc(Nc4cccc(S(C)(=O)=O)c4F)ncc3C)c[nH]c12)N1CC2CN(C)CC2C1. The molecule has 0 aliphatic carbocycles. The van der Waals surface area contributed by atoms with E-state index in [1.807, 2.05) is 19.9 Å². The van der Waals surface area contributed by atoms with Crippen LogP contribution in [0.4, 0.5) is 21.8 Å². The molecule has 0 radical (unpaired) electrons. The lowest BCUT2D eigenvalue weighted by Crippen LogP contribution is -2.43. The van der Waals surface area contributed by atoms with Crippen molar-refractivity contribution in [3.05, 3.63) is 54.2 Å². The minimum absolute atomic E-state index is 0.0509. The van der Waals surface area contributed by atoms with Crippen LogP contribution in [-0.4, -0.2) is 89.6 Å². The first-order chi connectivity index (χ1) is 20.5. The third kappa shape index (κ3) is 5.59. The Bertz CT molecular complexity index is 1800. The summed E-state index contributed by atoms with van der Waals surface area (Å²) < 4.78 is 38.9. The van der Waals surface area contributed by atoms with Gasteiger partial charge in [0.1, 0.15) is 4.90 Å². The molecule has 11 nitrogen and oxygen atoms in total. The van der Waals surface area contributed by atoms with Gasteiger partial charge in [0.05, 0.1) is 22.9 Å². The summed E-state index contributed by atoms with van der Waals surface area (Å²) >= 11 is 0. The number of fused-ring (bicyclic) bond motifs is 2. The Morgan fingerprint density at radius 1 is 1.16 bits per heavy atom. The Balaban J connectivity index is 1.25. The van der Waals surface area contributed by atoms with Crippen molar-refractivity contribution in [2.75, 3.05) is 50.1 Å². The van der Waals surface area contributed by atoms with Crippen LogP contribution in [0, 0.1) is 24.6 Å². The smallest absolute Gasteiger partial charge is 0.242 e. The molecule has 1 aromatic carbocycles. The lowest BCUT2D eigenvalue weighted by Gasteiger charge is -2.27. The number of amides is 1. The fraction of sp³-hybridized carbons (Fsp3) is 0.400. The number of hydrogen-bond donors (Lipinski definition) is 3. The van der Waals surface area contributed by atoms with Crippen LogP contribution in [0.1, 0.15) is 18.9 Å². The molecule has 0 spiro atoms.